The maximum absolute atomic E-state index is 9.19. The minimum atomic E-state index is -0.0604. The van der Waals surface area contributed by atoms with Crippen LogP contribution in [0, 0.1) is 0 Å². The van der Waals surface area contributed by atoms with E-state index in [4.69, 9.17) is 5.73 Å². The summed E-state index contributed by atoms with van der Waals surface area (Å²) < 4.78 is 1.92. The van der Waals surface area contributed by atoms with Gasteiger partial charge in [0.05, 0.1) is 0 Å². The number of nitrogen functional groups attached to an aromatic ring is 1. The topological polar surface area (TPSA) is 93.1 Å². The number of likely N-dealkylation sites (tertiary alicyclic amines) is 1. The molecule has 114 valence electrons. The summed E-state index contributed by atoms with van der Waals surface area (Å²) in [6.07, 6.45) is 3.99. The predicted octanol–water partition coefficient (Wildman–Crippen LogP) is 0.726. The molecule has 7 nitrogen and oxygen atoms in total. The summed E-state index contributed by atoms with van der Waals surface area (Å²) in [5.41, 5.74) is 5.66. The van der Waals surface area contributed by atoms with E-state index in [9.17, 15) is 5.11 Å². The average Bonchev–Trinajstić information content (AvgIpc) is 3.06. The Balaban J connectivity index is 1.58. The van der Waals surface area contributed by atoms with Crippen molar-refractivity contribution in [1.29, 1.82) is 0 Å². The maximum Gasteiger partial charge on any atom is 0.180 e. The van der Waals surface area contributed by atoms with Crippen LogP contribution in [-0.2, 0) is 20.2 Å². The van der Waals surface area contributed by atoms with E-state index in [1.165, 1.54) is 4.88 Å². The van der Waals surface area contributed by atoms with E-state index in [0.717, 1.165) is 38.3 Å². The van der Waals surface area contributed by atoms with E-state index >= 15 is 0 Å². The number of hydrogen-bond acceptors (Lipinski definition) is 7. The van der Waals surface area contributed by atoms with Crippen molar-refractivity contribution in [3.05, 3.63) is 22.7 Å². The standard InChI is InChI=1S/C13H20N6OS/c1-18-11(8-20)16-17-12(18)9-2-4-19(5-3-9)7-10-6-15-13(14)21-10/h6,9,20H,2-5,7-8H2,1H3,(H2,14,15). The number of nitrogens with zero attached hydrogens (tertiary/aromatic N) is 5. The monoisotopic (exact) mass is 308 g/mol. The highest BCUT2D eigenvalue weighted by Gasteiger charge is 2.25. The molecule has 2 aromatic heterocycles. The van der Waals surface area contributed by atoms with E-state index in [-0.39, 0.29) is 6.61 Å². The Morgan fingerprint density at radius 1 is 1.38 bits per heavy atom. The van der Waals surface area contributed by atoms with E-state index < -0.39 is 0 Å². The summed E-state index contributed by atoms with van der Waals surface area (Å²) in [7, 11) is 1.92. The maximum atomic E-state index is 9.19. The molecular weight excluding hydrogens is 288 g/mol. The zero-order chi connectivity index (χ0) is 14.8. The van der Waals surface area contributed by atoms with Crippen LogP contribution in [0.3, 0.4) is 0 Å². The molecule has 3 rings (SSSR count). The van der Waals surface area contributed by atoms with Crippen LogP contribution in [0.5, 0.6) is 0 Å². The molecule has 1 saturated heterocycles. The highest BCUT2D eigenvalue weighted by Crippen LogP contribution is 2.28. The molecule has 1 aliphatic rings. The van der Waals surface area contributed by atoms with Gasteiger partial charge in [0.2, 0.25) is 0 Å². The number of aliphatic hydroxyl groups is 1. The van der Waals surface area contributed by atoms with Crippen LogP contribution in [0.2, 0.25) is 0 Å². The van der Waals surface area contributed by atoms with E-state index in [1.54, 1.807) is 11.3 Å². The number of nitrogens with two attached hydrogens (primary N) is 1. The van der Waals surface area contributed by atoms with Crippen molar-refractivity contribution in [3.8, 4) is 0 Å². The van der Waals surface area contributed by atoms with Crippen LogP contribution in [0.1, 0.15) is 35.3 Å². The van der Waals surface area contributed by atoms with Gasteiger partial charge in [0.1, 0.15) is 12.4 Å². The van der Waals surface area contributed by atoms with Crippen molar-refractivity contribution >= 4 is 16.5 Å². The van der Waals surface area contributed by atoms with Crippen molar-refractivity contribution in [3.63, 3.8) is 0 Å². The molecule has 1 fully saturated rings. The summed E-state index contributed by atoms with van der Waals surface area (Å²) in [5, 5.41) is 18.1. The third-order valence-electron chi connectivity index (χ3n) is 4.04. The second-order valence-electron chi connectivity index (χ2n) is 5.41. The van der Waals surface area contributed by atoms with Gasteiger partial charge in [-0.15, -0.1) is 21.5 Å². The molecule has 2 aromatic rings. The van der Waals surface area contributed by atoms with Gasteiger partial charge >= 0.3 is 0 Å². The van der Waals surface area contributed by atoms with Crippen molar-refractivity contribution in [1.82, 2.24) is 24.6 Å². The second kappa shape index (κ2) is 6.08. The van der Waals surface area contributed by atoms with Gasteiger partial charge in [-0.3, -0.25) is 4.90 Å². The Hall–Kier alpha value is -1.51. The fraction of sp³-hybridized carbons (Fsp3) is 0.615. The predicted molar refractivity (Wildman–Crippen MR) is 80.7 cm³/mol. The number of aromatic nitrogens is 4. The SMILES string of the molecule is Cn1c(CO)nnc1C1CCN(Cc2cnc(N)s2)CC1. The van der Waals surface area contributed by atoms with Crippen molar-refractivity contribution < 1.29 is 5.11 Å². The van der Waals surface area contributed by atoms with Gasteiger partial charge in [-0.25, -0.2) is 4.98 Å². The molecule has 0 spiro atoms. The highest BCUT2D eigenvalue weighted by molar-refractivity contribution is 7.15. The molecule has 8 heteroatoms. The molecule has 0 bridgehead atoms. The lowest BCUT2D eigenvalue weighted by Gasteiger charge is -2.30. The first-order valence-electron chi connectivity index (χ1n) is 7.09. The van der Waals surface area contributed by atoms with Gasteiger partial charge in [-0.1, -0.05) is 0 Å². The van der Waals surface area contributed by atoms with Crippen LogP contribution in [0.25, 0.3) is 0 Å². The van der Waals surface area contributed by atoms with Gasteiger partial charge in [-0.2, -0.15) is 0 Å². The third-order valence-corrected chi connectivity index (χ3v) is 4.85. The van der Waals surface area contributed by atoms with Gasteiger partial charge in [-0.05, 0) is 25.9 Å². The van der Waals surface area contributed by atoms with E-state index in [0.29, 0.717) is 16.9 Å². The number of hydrogen-bond donors (Lipinski definition) is 2. The molecule has 3 heterocycles. The Kier molecular flexibility index (Phi) is 4.18. The minimum Gasteiger partial charge on any atom is -0.388 e. The smallest absolute Gasteiger partial charge is 0.180 e. The summed E-state index contributed by atoms with van der Waals surface area (Å²) in [6, 6.07) is 0. The molecule has 0 radical (unpaired) electrons. The van der Waals surface area contributed by atoms with Crippen LogP contribution in [0.4, 0.5) is 5.13 Å². The molecule has 0 atom stereocenters. The quantitative estimate of drug-likeness (QED) is 0.865. The Morgan fingerprint density at radius 3 is 2.71 bits per heavy atom. The van der Waals surface area contributed by atoms with Crippen LogP contribution in [0.15, 0.2) is 6.20 Å². The van der Waals surface area contributed by atoms with Crippen molar-refractivity contribution in [2.75, 3.05) is 18.8 Å². The molecule has 3 N–H and O–H groups in total. The number of piperidine rings is 1. The largest absolute Gasteiger partial charge is 0.388 e. The van der Waals surface area contributed by atoms with Crippen molar-refractivity contribution in [2.24, 2.45) is 7.05 Å². The van der Waals surface area contributed by atoms with Gasteiger partial charge in [0.25, 0.3) is 0 Å². The molecule has 1 aliphatic heterocycles. The molecule has 0 aromatic carbocycles. The summed E-state index contributed by atoms with van der Waals surface area (Å²) in [4.78, 5) is 7.73. The molecular formula is C13H20N6OS. The Morgan fingerprint density at radius 2 is 2.14 bits per heavy atom. The summed E-state index contributed by atoms with van der Waals surface area (Å²) in [6.45, 7) is 2.92. The zero-order valence-electron chi connectivity index (χ0n) is 12.1. The van der Waals surface area contributed by atoms with Gasteiger partial charge in [0.15, 0.2) is 11.0 Å². The van der Waals surface area contributed by atoms with Crippen LogP contribution in [-0.4, -0.2) is 42.8 Å². The lowest BCUT2D eigenvalue weighted by molar-refractivity contribution is 0.201. The minimum absolute atomic E-state index is 0.0604. The Labute approximate surface area is 127 Å². The molecule has 0 unspecified atom stereocenters. The number of aliphatic hydroxyl groups excluding tert-OH is 1. The normalized spacial score (nSPS) is 17.4. The summed E-state index contributed by atoms with van der Waals surface area (Å²) >= 11 is 1.56. The third kappa shape index (κ3) is 3.07. The highest BCUT2D eigenvalue weighted by atomic mass is 32.1. The molecule has 0 saturated carbocycles. The first-order valence-corrected chi connectivity index (χ1v) is 7.90. The van der Waals surface area contributed by atoms with Crippen LogP contribution >= 0.6 is 11.3 Å². The fourth-order valence-electron chi connectivity index (χ4n) is 2.83. The number of thiazole rings is 1. The average molecular weight is 308 g/mol. The lowest BCUT2D eigenvalue weighted by Crippen LogP contribution is -2.33. The summed E-state index contributed by atoms with van der Waals surface area (Å²) in [5.74, 6) is 2.04. The van der Waals surface area contributed by atoms with Gasteiger partial charge < -0.3 is 15.4 Å². The number of rotatable bonds is 4. The molecule has 0 aliphatic carbocycles. The molecule has 21 heavy (non-hydrogen) atoms. The zero-order valence-corrected chi connectivity index (χ0v) is 12.9. The fourth-order valence-corrected chi connectivity index (χ4v) is 3.56. The Bertz CT molecular complexity index is 602. The second-order valence-corrected chi connectivity index (χ2v) is 6.55. The lowest BCUT2D eigenvalue weighted by atomic mass is 9.96. The van der Waals surface area contributed by atoms with E-state index in [1.807, 2.05) is 17.8 Å². The van der Waals surface area contributed by atoms with E-state index in [2.05, 4.69) is 20.1 Å². The van der Waals surface area contributed by atoms with Crippen LogP contribution < -0.4 is 5.73 Å². The number of anilines is 1. The molecule has 0 amide bonds. The van der Waals surface area contributed by atoms with Crippen molar-refractivity contribution in [2.45, 2.75) is 31.9 Å². The first-order chi connectivity index (χ1) is 10.2. The first kappa shape index (κ1) is 14.4. The van der Waals surface area contributed by atoms with Gasteiger partial charge in [0, 0.05) is 30.6 Å².